The molecule has 1 aromatic carbocycles. The highest BCUT2D eigenvalue weighted by Gasteiger charge is 2.27. The topological polar surface area (TPSA) is 92.6 Å². The number of pyridine rings is 1. The van der Waals surface area contributed by atoms with Crippen LogP contribution in [-0.2, 0) is 12.8 Å². The highest BCUT2D eigenvalue weighted by Crippen LogP contribution is 2.37. The first-order valence-corrected chi connectivity index (χ1v) is 10.4. The van der Waals surface area contributed by atoms with Gasteiger partial charge in [-0.05, 0) is 61.2 Å². The van der Waals surface area contributed by atoms with Crippen LogP contribution in [0.4, 0.5) is 0 Å². The largest absolute Gasteiger partial charge is 0.508 e. The molecule has 0 bridgehead atoms. The number of fused-ring (bicyclic) bond motifs is 3. The highest BCUT2D eigenvalue weighted by atomic mass is 16.3. The molecule has 2 aliphatic rings. The summed E-state index contributed by atoms with van der Waals surface area (Å²) in [4.78, 5) is 4.76. The summed E-state index contributed by atoms with van der Waals surface area (Å²) in [5, 5.41) is 21.1. The van der Waals surface area contributed by atoms with Crippen LogP contribution in [0.25, 0.3) is 22.6 Å². The van der Waals surface area contributed by atoms with E-state index in [1.54, 1.807) is 6.07 Å². The second-order valence-corrected chi connectivity index (χ2v) is 7.76. The van der Waals surface area contributed by atoms with Crippen molar-refractivity contribution in [3.05, 3.63) is 77.1 Å². The number of nitrogens with zero attached hydrogens (tertiary/aromatic N) is 5. The molecule has 0 amide bonds. The Morgan fingerprint density at radius 3 is 2.90 bits per heavy atom. The number of aryl methyl sites for hydroxylation is 2. The van der Waals surface area contributed by atoms with Crippen molar-refractivity contribution in [2.45, 2.75) is 19.8 Å². The van der Waals surface area contributed by atoms with Crippen molar-refractivity contribution >= 4 is 11.9 Å². The zero-order valence-corrected chi connectivity index (χ0v) is 17.4. The van der Waals surface area contributed by atoms with Gasteiger partial charge in [-0.3, -0.25) is 9.99 Å². The molecular weight excluding hydrogens is 388 g/mol. The Hall–Kier alpha value is -3.87. The van der Waals surface area contributed by atoms with Gasteiger partial charge in [0.1, 0.15) is 17.8 Å². The lowest BCUT2D eigenvalue weighted by atomic mass is 9.94. The number of hydrogen-bond donors (Lipinski definition) is 2. The fourth-order valence-corrected chi connectivity index (χ4v) is 4.29. The smallest absolute Gasteiger partial charge is 0.119 e. The molecule has 0 atom stereocenters. The first kappa shape index (κ1) is 19.1. The van der Waals surface area contributed by atoms with Crippen LogP contribution in [0.3, 0.4) is 0 Å². The number of rotatable bonds is 3. The van der Waals surface area contributed by atoms with E-state index in [1.807, 2.05) is 46.9 Å². The van der Waals surface area contributed by atoms with E-state index in [0.29, 0.717) is 13.1 Å². The molecule has 3 aromatic rings. The van der Waals surface area contributed by atoms with Crippen LogP contribution in [-0.4, -0.2) is 44.3 Å². The number of aromatic nitrogens is 3. The fraction of sp³-hybridized carbons (Fsp3) is 0.208. The molecule has 0 unspecified atom stereocenters. The monoisotopic (exact) mass is 412 g/mol. The Morgan fingerprint density at radius 2 is 2.06 bits per heavy atom. The summed E-state index contributed by atoms with van der Waals surface area (Å²) in [5.41, 5.74) is 13.6. The predicted octanol–water partition coefficient (Wildman–Crippen LogP) is 3.20. The van der Waals surface area contributed by atoms with E-state index < -0.39 is 0 Å². The van der Waals surface area contributed by atoms with Gasteiger partial charge in [-0.1, -0.05) is 24.3 Å². The quantitative estimate of drug-likeness (QED) is 0.509. The number of phenolic OH excluding ortho intramolecular Hbond substituents is 1. The molecule has 0 spiro atoms. The first-order valence-electron chi connectivity index (χ1n) is 10.4. The van der Waals surface area contributed by atoms with Gasteiger partial charge in [0.25, 0.3) is 0 Å². The molecule has 0 radical (unpaired) electrons. The summed E-state index contributed by atoms with van der Waals surface area (Å²) in [6, 6.07) is 11.5. The number of allylic oxidation sites excluding steroid dienone is 2. The standard InChI is InChI=1S/C24H24N6O/c1-16-4-2-6-20(27-16)24-23(17-5-3-12-29(13-11-17)26-15-25)22-9-7-18-14-19(31)8-10-21(18)30(22)28-24/h2-6,8,10-11,14-15,31H,7,9,12-13H2,1H3,(H2,25,26). The van der Waals surface area contributed by atoms with Crippen LogP contribution >= 0.6 is 0 Å². The van der Waals surface area contributed by atoms with E-state index in [4.69, 9.17) is 15.8 Å². The number of hydrazone groups is 1. The predicted molar refractivity (Wildman–Crippen MR) is 122 cm³/mol. The van der Waals surface area contributed by atoms with E-state index in [9.17, 15) is 5.11 Å². The third-order valence-corrected chi connectivity index (χ3v) is 5.69. The molecule has 156 valence electrons. The molecular formula is C24H24N6O. The van der Waals surface area contributed by atoms with Gasteiger partial charge in [0.15, 0.2) is 0 Å². The SMILES string of the molecule is Cc1cccc(-c2nn3c(c2C2=CCN(/N=C\N)CC=C2)CCc2cc(O)ccc2-3)n1. The first-order chi connectivity index (χ1) is 15.1. The average Bonchev–Trinajstić information content (AvgIpc) is 3.00. The van der Waals surface area contributed by atoms with Crippen molar-refractivity contribution in [3.63, 3.8) is 0 Å². The van der Waals surface area contributed by atoms with Crippen LogP contribution in [0.1, 0.15) is 22.5 Å². The summed E-state index contributed by atoms with van der Waals surface area (Å²) in [5.74, 6) is 0.283. The number of phenols is 1. The van der Waals surface area contributed by atoms with E-state index in [-0.39, 0.29) is 5.75 Å². The van der Waals surface area contributed by atoms with E-state index in [1.165, 1.54) is 6.34 Å². The van der Waals surface area contributed by atoms with Crippen molar-refractivity contribution in [3.8, 4) is 22.8 Å². The van der Waals surface area contributed by atoms with Crippen molar-refractivity contribution in [2.24, 2.45) is 10.8 Å². The molecule has 5 rings (SSSR count). The van der Waals surface area contributed by atoms with E-state index >= 15 is 0 Å². The van der Waals surface area contributed by atoms with E-state index in [0.717, 1.165) is 58.0 Å². The number of hydrogen-bond acceptors (Lipinski definition) is 5. The molecule has 2 aromatic heterocycles. The summed E-state index contributed by atoms with van der Waals surface area (Å²) in [7, 11) is 0. The lowest BCUT2D eigenvalue weighted by Gasteiger charge is -2.19. The molecule has 0 aliphatic carbocycles. The molecule has 2 aliphatic heterocycles. The maximum atomic E-state index is 9.93. The van der Waals surface area contributed by atoms with Gasteiger partial charge in [0.2, 0.25) is 0 Å². The van der Waals surface area contributed by atoms with Gasteiger partial charge < -0.3 is 10.8 Å². The Bertz CT molecular complexity index is 1240. The molecule has 4 heterocycles. The number of benzene rings is 1. The third kappa shape index (κ3) is 3.48. The Morgan fingerprint density at radius 1 is 1.16 bits per heavy atom. The van der Waals surface area contributed by atoms with Crippen molar-refractivity contribution < 1.29 is 5.11 Å². The van der Waals surface area contributed by atoms with Crippen molar-refractivity contribution in [1.29, 1.82) is 0 Å². The van der Waals surface area contributed by atoms with Crippen molar-refractivity contribution in [2.75, 3.05) is 13.1 Å². The van der Waals surface area contributed by atoms with Gasteiger partial charge in [0, 0.05) is 11.3 Å². The number of nitrogens with two attached hydrogens (primary N) is 1. The third-order valence-electron chi connectivity index (χ3n) is 5.69. The molecule has 3 N–H and O–H groups in total. The highest BCUT2D eigenvalue weighted by molar-refractivity contribution is 5.85. The Labute approximate surface area is 180 Å². The number of aromatic hydroxyl groups is 1. The second-order valence-electron chi connectivity index (χ2n) is 7.76. The van der Waals surface area contributed by atoms with Crippen LogP contribution in [0.15, 0.2) is 59.7 Å². The minimum atomic E-state index is 0.283. The Balaban J connectivity index is 1.71. The van der Waals surface area contributed by atoms with Gasteiger partial charge in [-0.15, -0.1) is 0 Å². The molecule has 0 saturated heterocycles. The fourth-order valence-electron chi connectivity index (χ4n) is 4.29. The van der Waals surface area contributed by atoms with Gasteiger partial charge in [0.05, 0.1) is 30.2 Å². The lowest BCUT2D eigenvalue weighted by molar-refractivity contribution is 0.359. The maximum absolute atomic E-state index is 9.93. The van der Waals surface area contributed by atoms with Crippen LogP contribution in [0.5, 0.6) is 5.75 Å². The maximum Gasteiger partial charge on any atom is 0.119 e. The molecule has 0 saturated carbocycles. The van der Waals surface area contributed by atoms with Crippen LogP contribution in [0.2, 0.25) is 0 Å². The van der Waals surface area contributed by atoms with Gasteiger partial charge in [-0.2, -0.15) is 10.2 Å². The second kappa shape index (κ2) is 7.75. The lowest BCUT2D eigenvalue weighted by Crippen LogP contribution is -2.18. The molecule has 31 heavy (non-hydrogen) atoms. The zero-order valence-electron chi connectivity index (χ0n) is 17.4. The summed E-state index contributed by atoms with van der Waals surface area (Å²) in [6.07, 6.45) is 9.40. The minimum Gasteiger partial charge on any atom is -0.508 e. The zero-order chi connectivity index (χ0) is 21.4. The van der Waals surface area contributed by atoms with Crippen molar-refractivity contribution in [1.82, 2.24) is 19.8 Å². The Kier molecular flexibility index (Phi) is 4.78. The van der Waals surface area contributed by atoms with Gasteiger partial charge in [-0.25, -0.2) is 4.68 Å². The molecule has 7 heteroatoms. The van der Waals surface area contributed by atoms with E-state index in [2.05, 4.69) is 23.3 Å². The minimum absolute atomic E-state index is 0.283. The molecule has 0 fully saturated rings. The van der Waals surface area contributed by atoms with Crippen LogP contribution < -0.4 is 5.73 Å². The summed E-state index contributed by atoms with van der Waals surface area (Å²) in [6.45, 7) is 3.34. The molecule has 7 nitrogen and oxygen atoms in total. The van der Waals surface area contributed by atoms with Crippen LogP contribution in [0, 0.1) is 6.92 Å². The summed E-state index contributed by atoms with van der Waals surface area (Å²) < 4.78 is 2.02. The normalized spacial score (nSPS) is 15.5. The van der Waals surface area contributed by atoms with Gasteiger partial charge >= 0.3 is 0 Å². The summed E-state index contributed by atoms with van der Waals surface area (Å²) >= 11 is 0. The average molecular weight is 412 g/mol.